The van der Waals surface area contributed by atoms with Gasteiger partial charge in [-0.05, 0) is 25.1 Å². The summed E-state index contributed by atoms with van der Waals surface area (Å²) in [5.41, 5.74) is 2.53. The van der Waals surface area contributed by atoms with E-state index < -0.39 is 21.1 Å². The molecule has 0 aromatic carbocycles. The minimum absolute atomic E-state index is 0. The third kappa shape index (κ3) is 4.55. The van der Waals surface area contributed by atoms with Crippen molar-refractivity contribution in [1.82, 2.24) is 5.43 Å². The molecule has 21 heavy (non-hydrogen) atoms. The second-order valence-corrected chi connectivity index (χ2v) is 5.01. The Balaban J connectivity index is 0.00000220. The molecule has 2 rings (SSSR count). The van der Waals surface area contributed by atoms with Crippen LogP contribution in [0, 0.1) is 6.92 Å². The van der Waals surface area contributed by atoms with E-state index in [2.05, 4.69) is 10.5 Å². The number of hydrogen-bond acceptors (Lipinski definition) is 7. The number of hydrazone groups is 1. The smallest absolute Gasteiger partial charge is 0.742 e. The molecule has 2 aromatic heterocycles. The van der Waals surface area contributed by atoms with Crippen molar-refractivity contribution >= 4 is 22.2 Å². The number of nitrogens with one attached hydrogen (secondary N) is 1. The van der Waals surface area contributed by atoms with Crippen molar-refractivity contribution in [3.05, 3.63) is 41.5 Å². The molecule has 0 aliphatic carbocycles. The molecule has 0 radical (unpaired) electrons. The quantitative estimate of drug-likeness (QED) is 0.296. The molecular formula is C11H9N2NaO6S. The van der Waals surface area contributed by atoms with Gasteiger partial charge in [-0.1, -0.05) is 0 Å². The molecular weight excluding hydrogens is 311 g/mol. The SMILES string of the molecule is Cc1occc1C(=O)NN=Cc1ccc(S(=O)(=O)[O-])o1.[Na+]. The van der Waals surface area contributed by atoms with Gasteiger partial charge in [0.15, 0.2) is 10.1 Å². The van der Waals surface area contributed by atoms with Gasteiger partial charge >= 0.3 is 29.6 Å². The average Bonchev–Trinajstić information content (AvgIpc) is 2.97. The van der Waals surface area contributed by atoms with Crippen LogP contribution in [0.4, 0.5) is 0 Å². The Bertz CT molecular complexity index is 761. The van der Waals surface area contributed by atoms with Gasteiger partial charge in [0, 0.05) is 0 Å². The molecule has 2 heterocycles. The Morgan fingerprint density at radius 2 is 2.10 bits per heavy atom. The molecule has 1 amide bonds. The van der Waals surface area contributed by atoms with Crippen LogP contribution in [0.15, 0.2) is 43.5 Å². The summed E-state index contributed by atoms with van der Waals surface area (Å²) >= 11 is 0. The number of aryl methyl sites for hydroxylation is 1. The molecule has 0 unspecified atom stereocenters. The average molecular weight is 320 g/mol. The monoisotopic (exact) mass is 320 g/mol. The van der Waals surface area contributed by atoms with Crippen LogP contribution in [0.1, 0.15) is 21.9 Å². The van der Waals surface area contributed by atoms with Crippen LogP contribution < -0.4 is 35.0 Å². The zero-order valence-corrected chi connectivity index (χ0v) is 14.0. The Labute approximate surface area is 142 Å². The summed E-state index contributed by atoms with van der Waals surface area (Å²) in [6.07, 6.45) is 2.44. The molecule has 106 valence electrons. The fourth-order valence-corrected chi connectivity index (χ4v) is 1.81. The molecule has 8 nitrogen and oxygen atoms in total. The summed E-state index contributed by atoms with van der Waals surface area (Å²) in [6.45, 7) is 1.62. The zero-order valence-electron chi connectivity index (χ0n) is 11.2. The number of rotatable bonds is 4. The summed E-state index contributed by atoms with van der Waals surface area (Å²) < 4.78 is 41.6. The second kappa shape index (κ2) is 7.05. The van der Waals surface area contributed by atoms with Crippen molar-refractivity contribution in [2.45, 2.75) is 12.0 Å². The van der Waals surface area contributed by atoms with Gasteiger partial charge in [0.05, 0.1) is 18.0 Å². The number of nitrogens with zero attached hydrogens (tertiary/aromatic N) is 1. The van der Waals surface area contributed by atoms with Gasteiger partial charge in [0.25, 0.3) is 5.91 Å². The van der Waals surface area contributed by atoms with E-state index in [9.17, 15) is 17.8 Å². The molecule has 0 aliphatic rings. The summed E-state index contributed by atoms with van der Waals surface area (Å²) in [6, 6.07) is 3.73. The minimum Gasteiger partial charge on any atom is -0.742 e. The molecule has 1 N–H and O–H groups in total. The standard InChI is InChI=1S/C11H10N2O6S.Na/c1-7-9(4-5-18-7)11(14)13-12-6-8-2-3-10(19-8)20(15,16)17;/h2-6H,1H3,(H,13,14)(H,15,16,17);/q;+1/p-1. The Kier molecular flexibility index (Phi) is 5.93. The third-order valence-corrected chi connectivity index (χ3v) is 3.02. The first-order valence-corrected chi connectivity index (χ1v) is 6.72. The molecule has 0 spiro atoms. The first-order valence-electron chi connectivity index (χ1n) is 5.31. The Morgan fingerprint density at radius 1 is 1.38 bits per heavy atom. The maximum atomic E-state index is 11.6. The predicted octanol–water partition coefficient (Wildman–Crippen LogP) is -2.15. The van der Waals surface area contributed by atoms with E-state index in [1.807, 2.05) is 0 Å². The molecule has 0 atom stereocenters. The first kappa shape index (κ1) is 17.7. The van der Waals surface area contributed by atoms with Crippen LogP contribution >= 0.6 is 0 Å². The largest absolute Gasteiger partial charge is 1.00 e. The third-order valence-electron chi connectivity index (χ3n) is 2.31. The second-order valence-electron chi connectivity index (χ2n) is 3.70. The van der Waals surface area contributed by atoms with Crippen molar-refractivity contribution in [3.8, 4) is 0 Å². The van der Waals surface area contributed by atoms with Crippen molar-refractivity contribution in [2.75, 3.05) is 0 Å². The summed E-state index contributed by atoms with van der Waals surface area (Å²) in [4.78, 5) is 11.6. The molecule has 0 saturated carbocycles. The van der Waals surface area contributed by atoms with Gasteiger partial charge in [-0.2, -0.15) is 5.10 Å². The summed E-state index contributed by atoms with van der Waals surface area (Å²) in [7, 11) is -4.64. The maximum absolute atomic E-state index is 11.6. The van der Waals surface area contributed by atoms with Crippen molar-refractivity contribution in [1.29, 1.82) is 0 Å². The van der Waals surface area contributed by atoms with Crippen LogP contribution in [0.2, 0.25) is 0 Å². The van der Waals surface area contributed by atoms with Gasteiger partial charge < -0.3 is 13.4 Å². The van der Waals surface area contributed by atoms with Gasteiger partial charge in [-0.3, -0.25) is 4.79 Å². The number of furan rings is 2. The predicted molar refractivity (Wildman–Crippen MR) is 65.2 cm³/mol. The normalized spacial score (nSPS) is 11.3. The van der Waals surface area contributed by atoms with Gasteiger partial charge in [-0.15, -0.1) is 0 Å². The zero-order chi connectivity index (χ0) is 14.8. The van der Waals surface area contributed by atoms with Crippen LogP contribution in [0.25, 0.3) is 0 Å². The number of carbonyl (C=O) groups is 1. The van der Waals surface area contributed by atoms with Crippen molar-refractivity contribution in [3.63, 3.8) is 0 Å². The van der Waals surface area contributed by atoms with Crippen molar-refractivity contribution < 1.29 is 56.2 Å². The van der Waals surface area contributed by atoms with E-state index >= 15 is 0 Å². The van der Waals surface area contributed by atoms with E-state index in [0.717, 1.165) is 12.3 Å². The topological polar surface area (TPSA) is 125 Å². The molecule has 10 heteroatoms. The van der Waals surface area contributed by atoms with Gasteiger partial charge in [-0.25, -0.2) is 13.8 Å². The Morgan fingerprint density at radius 3 is 2.62 bits per heavy atom. The maximum Gasteiger partial charge on any atom is 1.00 e. The Hall–Kier alpha value is -1.39. The van der Waals surface area contributed by atoms with Crippen LogP contribution in [-0.4, -0.2) is 25.1 Å². The minimum atomic E-state index is -4.64. The van der Waals surface area contributed by atoms with E-state index in [1.54, 1.807) is 6.92 Å². The first-order chi connectivity index (χ1) is 9.38. The summed E-state index contributed by atoms with van der Waals surface area (Å²) in [5.74, 6) is -0.0326. The van der Waals surface area contributed by atoms with Gasteiger partial charge in [0.2, 0.25) is 5.09 Å². The fourth-order valence-electron chi connectivity index (χ4n) is 1.37. The molecule has 0 aliphatic heterocycles. The van der Waals surface area contributed by atoms with E-state index in [4.69, 9.17) is 8.83 Å². The number of hydrogen-bond donors (Lipinski definition) is 1. The number of carbonyl (C=O) groups excluding carboxylic acids is 1. The van der Waals surface area contributed by atoms with Crippen LogP contribution in [0.5, 0.6) is 0 Å². The van der Waals surface area contributed by atoms with Gasteiger partial charge in [0.1, 0.15) is 11.5 Å². The van der Waals surface area contributed by atoms with Crippen molar-refractivity contribution in [2.24, 2.45) is 5.10 Å². The van der Waals surface area contributed by atoms with Crippen LogP contribution in [-0.2, 0) is 10.1 Å². The molecule has 0 saturated heterocycles. The fraction of sp³-hybridized carbons (Fsp3) is 0.0909. The van der Waals surface area contributed by atoms with E-state index in [0.29, 0.717) is 11.3 Å². The van der Waals surface area contributed by atoms with E-state index in [-0.39, 0.29) is 35.3 Å². The molecule has 0 fully saturated rings. The molecule has 2 aromatic rings. The van der Waals surface area contributed by atoms with Crippen LogP contribution in [0.3, 0.4) is 0 Å². The summed E-state index contributed by atoms with van der Waals surface area (Å²) in [5, 5.41) is 2.87. The molecule has 0 bridgehead atoms. The number of amides is 1. The van der Waals surface area contributed by atoms with E-state index in [1.165, 1.54) is 18.4 Å².